The van der Waals surface area contributed by atoms with Crippen LogP contribution in [0.5, 0.6) is 0 Å². The zero-order chi connectivity index (χ0) is 16.4. The Morgan fingerprint density at radius 1 is 1.26 bits per heavy atom. The van der Waals surface area contributed by atoms with Gasteiger partial charge in [0.05, 0.1) is 5.69 Å². The third-order valence-electron chi connectivity index (χ3n) is 4.79. The monoisotopic (exact) mass is 338 g/mol. The Kier molecular flexibility index (Phi) is 5.18. The van der Waals surface area contributed by atoms with Crippen LogP contribution in [0.15, 0.2) is 0 Å². The molecule has 7 heteroatoms. The molecule has 1 aromatic rings. The number of hydrogen-bond donors (Lipinski definition) is 2. The maximum Gasteiger partial charge on any atom is 0.347 e. The van der Waals surface area contributed by atoms with E-state index in [1.807, 2.05) is 13.8 Å². The van der Waals surface area contributed by atoms with Crippen LogP contribution in [0, 0.1) is 0 Å². The van der Waals surface area contributed by atoms with E-state index in [0.29, 0.717) is 10.9 Å². The predicted molar refractivity (Wildman–Crippen MR) is 92.8 cm³/mol. The minimum Gasteiger partial charge on any atom is -0.477 e. The standard InChI is InChI=1S/C16H26N4O2S/c1-11(2)13-14(15(21)22)23-16(18-13)20-9-7-19(8-10-20)12-3-5-17-6-4-12/h11-12,17H,3-10H2,1-2H3,(H,21,22). The fraction of sp³-hybridized carbons (Fsp3) is 0.750. The van der Waals surface area contributed by atoms with E-state index in [-0.39, 0.29) is 5.92 Å². The minimum atomic E-state index is -0.856. The Morgan fingerprint density at radius 3 is 2.43 bits per heavy atom. The van der Waals surface area contributed by atoms with Gasteiger partial charge in [-0.3, -0.25) is 4.90 Å². The van der Waals surface area contributed by atoms with Crippen molar-refractivity contribution < 1.29 is 9.90 Å². The highest BCUT2D eigenvalue weighted by atomic mass is 32.1. The number of aromatic carboxylic acids is 1. The zero-order valence-electron chi connectivity index (χ0n) is 13.9. The molecule has 0 unspecified atom stereocenters. The first-order chi connectivity index (χ1) is 11.1. The second-order valence-electron chi connectivity index (χ2n) is 6.67. The van der Waals surface area contributed by atoms with Gasteiger partial charge in [0.2, 0.25) is 0 Å². The minimum absolute atomic E-state index is 0.141. The van der Waals surface area contributed by atoms with Crippen LogP contribution in [0.1, 0.15) is 48.0 Å². The maximum atomic E-state index is 11.4. The van der Waals surface area contributed by atoms with E-state index in [1.54, 1.807) is 0 Å². The van der Waals surface area contributed by atoms with Gasteiger partial charge in [0.15, 0.2) is 5.13 Å². The molecule has 0 atom stereocenters. The first-order valence-corrected chi connectivity index (χ1v) is 9.31. The van der Waals surface area contributed by atoms with Gasteiger partial charge in [-0.2, -0.15) is 0 Å². The SMILES string of the molecule is CC(C)c1nc(N2CCN(C3CCNCC3)CC2)sc1C(=O)O. The lowest BCUT2D eigenvalue weighted by molar-refractivity contribution is 0.0700. The van der Waals surface area contributed by atoms with Crippen LogP contribution < -0.4 is 10.2 Å². The Labute approximate surface area is 141 Å². The molecule has 128 valence electrons. The fourth-order valence-electron chi connectivity index (χ4n) is 3.45. The number of nitrogens with one attached hydrogen (secondary N) is 1. The molecule has 0 spiro atoms. The number of carbonyl (C=O) groups is 1. The molecule has 3 rings (SSSR count). The fourth-order valence-corrected chi connectivity index (χ4v) is 4.56. The van der Waals surface area contributed by atoms with E-state index in [4.69, 9.17) is 0 Å². The molecular formula is C16H26N4O2S. The molecule has 0 saturated carbocycles. The summed E-state index contributed by atoms with van der Waals surface area (Å²) in [7, 11) is 0. The zero-order valence-corrected chi connectivity index (χ0v) is 14.7. The topological polar surface area (TPSA) is 68.7 Å². The summed E-state index contributed by atoms with van der Waals surface area (Å²) >= 11 is 1.33. The Morgan fingerprint density at radius 2 is 1.91 bits per heavy atom. The van der Waals surface area contributed by atoms with Gasteiger partial charge in [0.25, 0.3) is 0 Å². The van der Waals surface area contributed by atoms with Crippen molar-refractivity contribution in [2.24, 2.45) is 0 Å². The summed E-state index contributed by atoms with van der Waals surface area (Å²) in [6, 6.07) is 0.704. The molecule has 0 radical (unpaired) electrons. The number of rotatable bonds is 4. The highest BCUT2D eigenvalue weighted by molar-refractivity contribution is 7.17. The summed E-state index contributed by atoms with van der Waals surface area (Å²) < 4.78 is 0. The van der Waals surface area contributed by atoms with Crippen molar-refractivity contribution in [2.75, 3.05) is 44.2 Å². The smallest absolute Gasteiger partial charge is 0.347 e. The van der Waals surface area contributed by atoms with Crippen LogP contribution in [-0.4, -0.2) is 66.3 Å². The number of thiazole rings is 1. The number of hydrogen-bond acceptors (Lipinski definition) is 6. The molecular weight excluding hydrogens is 312 g/mol. The van der Waals surface area contributed by atoms with Crippen LogP contribution in [0.2, 0.25) is 0 Å². The molecule has 2 saturated heterocycles. The lowest BCUT2D eigenvalue weighted by Gasteiger charge is -2.40. The summed E-state index contributed by atoms with van der Waals surface area (Å²) in [6.07, 6.45) is 2.47. The second kappa shape index (κ2) is 7.15. The largest absolute Gasteiger partial charge is 0.477 e. The quantitative estimate of drug-likeness (QED) is 0.873. The molecule has 0 bridgehead atoms. The van der Waals surface area contributed by atoms with Gasteiger partial charge >= 0.3 is 5.97 Å². The first kappa shape index (κ1) is 16.7. The van der Waals surface area contributed by atoms with E-state index < -0.39 is 5.97 Å². The summed E-state index contributed by atoms with van der Waals surface area (Å²) in [4.78, 5) is 21.3. The first-order valence-electron chi connectivity index (χ1n) is 8.50. The van der Waals surface area contributed by atoms with E-state index in [0.717, 1.165) is 50.1 Å². The van der Waals surface area contributed by atoms with E-state index >= 15 is 0 Å². The third kappa shape index (κ3) is 3.67. The molecule has 23 heavy (non-hydrogen) atoms. The van der Waals surface area contributed by atoms with Crippen LogP contribution in [-0.2, 0) is 0 Å². The molecule has 0 aliphatic carbocycles. The number of carboxylic acids is 1. The van der Waals surface area contributed by atoms with Crippen molar-refractivity contribution >= 4 is 22.4 Å². The van der Waals surface area contributed by atoms with Crippen LogP contribution >= 0.6 is 11.3 Å². The number of piperidine rings is 1. The average molecular weight is 338 g/mol. The molecule has 2 fully saturated rings. The number of piperazine rings is 1. The van der Waals surface area contributed by atoms with Crippen molar-refractivity contribution in [3.8, 4) is 0 Å². The highest BCUT2D eigenvalue weighted by Crippen LogP contribution is 2.31. The second-order valence-corrected chi connectivity index (χ2v) is 7.65. The van der Waals surface area contributed by atoms with Gasteiger partial charge in [-0.05, 0) is 31.8 Å². The van der Waals surface area contributed by atoms with Gasteiger partial charge < -0.3 is 15.3 Å². The molecule has 2 N–H and O–H groups in total. The Balaban J connectivity index is 1.65. The molecule has 2 aliphatic heterocycles. The summed E-state index contributed by atoms with van der Waals surface area (Å²) in [5.74, 6) is -0.715. The highest BCUT2D eigenvalue weighted by Gasteiger charge is 2.28. The number of nitrogens with zero attached hydrogens (tertiary/aromatic N) is 3. The van der Waals surface area contributed by atoms with Gasteiger partial charge in [0, 0.05) is 32.2 Å². The van der Waals surface area contributed by atoms with Gasteiger partial charge in [-0.15, -0.1) is 0 Å². The van der Waals surface area contributed by atoms with E-state index in [9.17, 15) is 9.90 Å². The van der Waals surface area contributed by atoms with Crippen LogP contribution in [0.3, 0.4) is 0 Å². The molecule has 3 heterocycles. The number of aromatic nitrogens is 1. The van der Waals surface area contributed by atoms with Crippen molar-refractivity contribution in [3.05, 3.63) is 10.6 Å². The third-order valence-corrected chi connectivity index (χ3v) is 5.91. The predicted octanol–water partition coefficient (Wildman–Crippen LogP) is 1.84. The van der Waals surface area contributed by atoms with Crippen molar-refractivity contribution in [3.63, 3.8) is 0 Å². The Hall–Kier alpha value is -1.18. The lowest BCUT2D eigenvalue weighted by Crippen LogP contribution is -2.52. The molecule has 0 aromatic carbocycles. The molecule has 6 nitrogen and oxygen atoms in total. The molecule has 1 aromatic heterocycles. The van der Waals surface area contributed by atoms with Gasteiger partial charge in [-0.1, -0.05) is 25.2 Å². The van der Waals surface area contributed by atoms with Crippen molar-refractivity contribution in [1.82, 2.24) is 15.2 Å². The normalized spacial score (nSPS) is 21.1. The van der Waals surface area contributed by atoms with Crippen LogP contribution in [0.25, 0.3) is 0 Å². The van der Waals surface area contributed by atoms with Gasteiger partial charge in [0.1, 0.15) is 4.88 Å². The van der Waals surface area contributed by atoms with Crippen molar-refractivity contribution in [1.29, 1.82) is 0 Å². The van der Waals surface area contributed by atoms with Gasteiger partial charge in [-0.25, -0.2) is 9.78 Å². The van der Waals surface area contributed by atoms with E-state index in [2.05, 4.69) is 20.1 Å². The molecule has 0 amide bonds. The Bertz CT molecular complexity index is 546. The number of anilines is 1. The van der Waals surface area contributed by atoms with E-state index in [1.165, 1.54) is 24.2 Å². The van der Waals surface area contributed by atoms with Crippen molar-refractivity contribution in [2.45, 2.75) is 38.6 Å². The summed E-state index contributed by atoms with van der Waals surface area (Å²) in [6.45, 7) is 10.2. The summed E-state index contributed by atoms with van der Waals surface area (Å²) in [5, 5.41) is 13.7. The maximum absolute atomic E-state index is 11.4. The number of carboxylic acid groups (broad SMARTS) is 1. The molecule has 2 aliphatic rings. The van der Waals surface area contributed by atoms with Crippen LogP contribution in [0.4, 0.5) is 5.13 Å². The lowest BCUT2D eigenvalue weighted by atomic mass is 10.0. The average Bonchev–Trinajstić information content (AvgIpc) is 3.02. The summed E-state index contributed by atoms with van der Waals surface area (Å²) in [5.41, 5.74) is 0.721.